The summed E-state index contributed by atoms with van der Waals surface area (Å²) in [6.45, 7) is 8.82. The number of allylic oxidation sites excluding steroid dienone is 1. The number of carbonyl (C=O) groups excluding carboxylic acids is 1. The third kappa shape index (κ3) is 3.15. The maximum atomic E-state index is 10.7. The van der Waals surface area contributed by atoms with Crippen LogP contribution < -0.4 is 0 Å². The number of fused-ring (bicyclic) bond motifs is 1. The third-order valence-corrected chi connectivity index (χ3v) is 5.06. The maximum Gasteiger partial charge on any atom is 0.122 e. The van der Waals surface area contributed by atoms with Crippen molar-refractivity contribution in [3.63, 3.8) is 0 Å². The molecule has 0 bridgehead atoms. The van der Waals surface area contributed by atoms with E-state index in [1.807, 2.05) is 0 Å². The van der Waals surface area contributed by atoms with Crippen LogP contribution in [0, 0.1) is 17.8 Å². The number of ether oxygens (including phenoxy) is 2. The van der Waals surface area contributed by atoms with E-state index in [-0.39, 0.29) is 24.4 Å². The summed E-state index contributed by atoms with van der Waals surface area (Å²) in [6.07, 6.45) is 8.49. The first kappa shape index (κ1) is 15.7. The van der Waals surface area contributed by atoms with Crippen molar-refractivity contribution < 1.29 is 14.3 Å². The minimum Gasteiger partial charge on any atom is -0.372 e. The van der Waals surface area contributed by atoms with Gasteiger partial charge < -0.3 is 14.3 Å². The molecule has 2 unspecified atom stereocenters. The molecule has 0 spiro atoms. The van der Waals surface area contributed by atoms with Gasteiger partial charge in [-0.1, -0.05) is 32.9 Å². The van der Waals surface area contributed by atoms with Crippen LogP contribution in [0.2, 0.25) is 0 Å². The second kappa shape index (κ2) is 6.86. The molecule has 20 heavy (non-hydrogen) atoms. The molecule has 2 saturated heterocycles. The van der Waals surface area contributed by atoms with Gasteiger partial charge in [-0.2, -0.15) is 0 Å². The Morgan fingerprint density at radius 2 is 1.95 bits per heavy atom. The predicted molar refractivity (Wildman–Crippen MR) is 79.5 cm³/mol. The summed E-state index contributed by atoms with van der Waals surface area (Å²) in [6, 6.07) is 0. The van der Waals surface area contributed by atoms with Crippen LogP contribution in [0.15, 0.2) is 12.2 Å². The normalized spacial score (nSPS) is 43.2. The van der Waals surface area contributed by atoms with Gasteiger partial charge in [-0.25, -0.2) is 0 Å². The fourth-order valence-electron chi connectivity index (χ4n) is 3.72. The lowest BCUT2D eigenvalue weighted by atomic mass is 9.75. The fourth-order valence-corrected chi connectivity index (χ4v) is 3.72. The molecular weight excluding hydrogens is 252 g/mol. The zero-order valence-corrected chi connectivity index (χ0v) is 13.1. The summed E-state index contributed by atoms with van der Waals surface area (Å²) in [7, 11) is 0. The number of aldehydes is 1. The zero-order valence-electron chi connectivity index (χ0n) is 13.1. The molecule has 114 valence electrons. The van der Waals surface area contributed by atoms with Crippen LogP contribution in [0.5, 0.6) is 0 Å². The van der Waals surface area contributed by atoms with Crippen molar-refractivity contribution in [1.82, 2.24) is 0 Å². The van der Waals surface area contributed by atoms with Crippen LogP contribution in [-0.2, 0) is 14.3 Å². The molecule has 2 rings (SSSR count). The lowest BCUT2D eigenvalue weighted by molar-refractivity contribution is -0.231. The van der Waals surface area contributed by atoms with E-state index >= 15 is 0 Å². The summed E-state index contributed by atoms with van der Waals surface area (Å²) in [5.74, 6) is 1.38. The van der Waals surface area contributed by atoms with Crippen LogP contribution in [0.1, 0.15) is 47.0 Å². The van der Waals surface area contributed by atoms with Gasteiger partial charge in [0.15, 0.2) is 0 Å². The average Bonchev–Trinajstić information content (AvgIpc) is 2.44. The first-order valence-corrected chi connectivity index (χ1v) is 7.95. The minimum absolute atomic E-state index is 0.0940. The summed E-state index contributed by atoms with van der Waals surface area (Å²) in [4.78, 5) is 10.7. The van der Waals surface area contributed by atoms with Gasteiger partial charge in [0.05, 0.1) is 24.4 Å². The Labute approximate surface area is 122 Å². The van der Waals surface area contributed by atoms with Crippen LogP contribution in [-0.4, -0.2) is 30.7 Å². The van der Waals surface area contributed by atoms with E-state index in [1.54, 1.807) is 0 Å². The Morgan fingerprint density at radius 1 is 1.20 bits per heavy atom. The van der Waals surface area contributed by atoms with Gasteiger partial charge in [0, 0.05) is 12.3 Å². The largest absolute Gasteiger partial charge is 0.372 e. The highest BCUT2D eigenvalue weighted by Crippen LogP contribution is 2.40. The summed E-state index contributed by atoms with van der Waals surface area (Å²) in [5.41, 5.74) is 0. The Morgan fingerprint density at radius 3 is 2.60 bits per heavy atom. The van der Waals surface area contributed by atoms with Crippen molar-refractivity contribution in [2.45, 2.75) is 71.4 Å². The number of hydrogen-bond acceptors (Lipinski definition) is 3. The second-order valence-corrected chi connectivity index (χ2v) is 6.44. The fraction of sp³-hybridized carbons (Fsp3) is 0.824. The van der Waals surface area contributed by atoms with Crippen molar-refractivity contribution in [3.8, 4) is 0 Å². The second-order valence-electron chi connectivity index (χ2n) is 6.44. The highest BCUT2D eigenvalue weighted by molar-refractivity contribution is 5.50. The van der Waals surface area contributed by atoms with Gasteiger partial charge in [-0.15, -0.1) is 0 Å². The summed E-state index contributed by atoms with van der Waals surface area (Å²) < 4.78 is 12.5. The van der Waals surface area contributed by atoms with E-state index in [0.717, 1.165) is 19.1 Å². The molecule has 0 aliphatic carbocycles. The summed E-state index contributed by atoms with van der Waals surface area (Å²) in [5, 5.41) is 0. The molecule has 3 nitrogen and oxygen atoms in total. The van der Waals surface area contributed by atoms with Gasteiger partial charge in [-0.3, -0.25) is 0 Å². The topological polar surface area (TPSA) is 35.5 Å². The van der Waals surface area contributed by atoms with Crippen molar-refractivity contribution in [2.24, 2.45) is 17.8 Å². The van der Waals surface area contributed by atoms with Crippen LogP contribution in [0.25, 0.3) is 0 Å². The molecule has 0 amide bonds. The molecule has 0 aromatic heterocycles. The van der Waals surface area contributed by atoms with Gasteiger partial charge in [-0.05, 0) is 31.6 Å². The van der Waals surface area contributed by atoms with Crippen LogP contribution in [0.4, 0.5) is 0 Å². The van der Waals surface area contributed by atoms with Crippen molar-refractivity contribution in [1.29, 1.82) is 0 Å². The van der Waals surface area contributed by atoms with Crippen molar-refractivity contribution >= 4 is 6.29 Å². The molecule has 2 heterocycles. The zero-order chi connectivity index (χ0) is 14.7. The number of carbonyl (C=O) groups is 1. The van der Waals surface area contributed by atoms with Gasteiger partial charge in [0.25, 0.3) is 0 Å². The number of hydrogen-bond donors (Lipinski definition) is 0. The molecule has 2 aliphatic rings. The predicted octanol–water partition coefficient (Wildman–Crippen LogP) is 3.37. The smallest absolute Gasteiger partial charge is 0.122 e. The van der Waals surface area contributed by atoms with E-state index in [4.69, 9.17) is 9.47 Å². The molecule has 0 aromatic rings. The molecule has 0 aromatic carbocycles. The highest BCUT2D eigenvalue weighted by atomic mass is 16.6. The average molecular weight is 280 g/mol. The number of rotatable bonds is 4. The highest BCUT2D eigenvalue weighted by Gasteiger charge is 2.45. The molecule has 2 fully saturated rings. The molecule has 3 heteroatoms. The molecule has 7 atom stereocenters. The van der Waals surface area contributed by atoms with E-state index in [9.17, 15) is 4.79 Å². The molecule has 0 radical (unpaired) electrons. The van der Waals surface area contributed by atoms with Gasteiger partial charge >= 0.3 is 0 Å². The van der Waals surface area contributed by atoms with Crippen LogP contribution in [0.3, 0.4) is 0 Å². The van der Waals surface area contributed by atoms with E-state index in [0.29, 0.717) is 24.2 Å². The third-order valence-electron chi connectivity index (χ3n) is 5.06. The van der Waals surface area contributed by atoms with Gasteiger partial charge in [0.2, 0.25) is 0 Å². The summed E-state index contributed by atoms with van der Waals surface area (Å²) >= 11 is 0. The quantitative estimate of drug-likeness (QED) is 0.585. The Kier molecular flexibility index (Phi) is 5.39. The lowest BCUT2D eigenvalue weighted by Gasteiger charge is -2.49. The Bertz CT molecular complexity index is 350. The first-order valence-electron chi connectivity index (χ1n) is 7.95. The van der Waals surface area contributed by atoms with Gasteiger partial charge in [0.1, 0.15) is 6.29 Å². The molecule has 2 aliphatic heterocycles. The molecule has 0 N–H and O–H groups in total. The van der Waals surface area contributed by atoms with Crippen LogP contribution >= 0.6 is 0 Å². The van der Waals surface area contributed by atoms with Crippen molar-refractivity contribution in [2.75, 3.05) is 0 Å². The maximum absolute atomic E-state index is 10.7. The van der Waals surface area contributed by atoms with E-state index in [2.05, 4.69) is 39.8 Å². The standard InChI is InChI=1S/C17H28O3/c1-5-6-11(2)16-12(3)13(4)17-15(20-16)8-7-14(19-17)9-10-18/h5-6,10-17H,7-9H2,1-4H3/b6-5+/t11-,12-,13+,14+,15?,16-,17?/m0/s1. The Balaban J connectivity index is 2.06. The van der Waals surface area contributed by atoms with Crippen molar-refractivity contribution in [3.05, 3.63) is 12.2 Å². The monoisotopic (exact) mass is 280 g/mol. The van der Waals surface area contributed by atoms with E-state index < -0.39 is 0 Å². The minimum atomic E-state index is 0.0940. The van der Waals surface area contributed by atoms with E-state index in [1.165, 1.54) is 0 Å². The molecule has 0 saturated carbocycles. The lowest BCUT2D eigenvalue weighted by Crippen LogP contribution is -2.55. The first-order chi connectivity index (χ1) is 9.58. The molecular formula is C17H28O3. The SMILES string of the molecule is C/C=C/[C@H](C)[C@@H]1OC2CC[C@H](CC=O)OC2[C@H](C)[C@@H]1C. The Hall–Kier alpha value is -0.670.